The van der Waals surface area contributed by atoms with Gasteiger partial charge < -0.3 is 9.42 Å². The van der Waals surface area contributed by atoms with Gasteiger partial charge in [-0.3, -0.25) is 4.79 Å². The van der Waals surface area contributed by atoms with Crippen molar-refractivity contribution in [3.8, 4) is 0 Å². The van der Waals surface area contributed by atoms with Crippen LogP contribution in [0.2, 0.25) is 0 Å². The maximum Gasteiger partial charge on any atom is 0.248 e. The highest BCUT2D eigenvalue weighted by atomic mass is 32.2. The first-order valence-corrected chi connectivity index (χ1v) is 13.2. The van der Waals surface area contributed by atoms with Crippen LogP contribution >= 0.6 is 11.3 Å². The lowest BCUT2D eigenvalue weighted by Gasteiger charge is -2.34. The number of carbonyl (C=O) groups is 1. The van der Waals surface area contributed by atoms with Gasteiger partial charge in [-0.15, -0.1) is 11.3 Å². The molecule has 0 saturated carbocycles. The molecule has 1 unspecified atom stereocenters. The second-order valence-electron chi connectivity index (χ2n) is 7.78. The predicted octanol–water partition coefficient (Wildman–Crippen LogP) is 4.26. The van der Waals surface area contributed by atoms with Crippen molar-refractivity contribution in [2.45, 2.75) is 51.3 Å². The van der Waals surface area contributed by atoms with Crippen molar-refractivity contribution in [2.24, 2.45) is 5.92 Å². The smallest absolute Gasteiger partial charge is 0.248 e. The first-order chi connectivity index (χ1) is 14.9. The van der Waals surface area contributed by atoms with Gasteiger partial charge in [-0.25, -0.2) is 8.42 Å². The molecule has 0 N–H and O–H groups in total. The number of rotatable bonds is 9. The molecule has 2 aromatic rings. The Kier molecular flexibility index (Phi) is 8.07. The van der Waals surface area contributed by atoms with Gasteiger partial charge in [-0.1, -0.05) is 24.6 Å². The van der Waals surface area contributed by atoms with Gasteiger partial charge in [0.05, 0.1) is 5.92 Å². The van der Waals surface area contributed by atoms with Gasteiger partial charge in [-0.05, 0) is 56.7 Å². The van der Waals surface area contributed by atoms with Gasteiger partial charge >= 0.3 is 0 Å². The molecule has 9 heteroatoms. The number of sulfonamides is 1. The Hall–Kier alpha value is -1.97. The number of carbonyl (C=O) groups excluding carboxylic acids is 1. The Morgan fingerprint density at radius 2 is 2.19 bits per heavy atom. The van der Waals surface area contributed by atoms with Crippen LogP contribution in [0.25, 0.3) is 12.2 Å². The third-order valence-electron chi connectivity index (χ3n) is 5.58. The molecule has 3 rings (SSSR count). The van der Waals surface area contributed by atoms with Crippen LogP contribution < -0.4 is 0 Å². The van der Waals surface area contributed by atoms with Crippen molar-refractivity contribution in [1.82, 2.24) is 14.4 Å². The highest BCUT2D eigenvalue weighted by Crippen LogP contribution is 2.30. The zero-order valence-electron chi connectivity index (χ0n) is 18.4. The standard InChI is InChI=1S/C22H31N3O4S2/c1-4-6-13-24(5-2)22(26)18-9-7-14-25(16-18)31(27,28)21-17(3)23-29-20(21)12-11-19-10-8-15-30-19/h8,10-12,15,18H,4-7,9,13-14,16H2,1-3H3/b12-11+. The molecule has 7 nitrogen and oxygen atoms in total. The van der Waals surface area contributed by atoms with Crippen molar-refractivity contribution in [3.05, 3.63) is 33.8 Å². The number of aromatic nitrogens is 1. The molecule has 0 radical (unpaired) electrons. The minimum absolute atomic E-state index is 0.0516. The molecule has 3 heterocycles. The molecule has 2 aromatic heterocycles. The average Bonchev–Trinajstić information content (AvgIpc) is 3.42. The molecule has 0 aromatic carbocycles. The molecular weight excluding hydrogens is 434 g/mol. The van der Waals surface area contributed by atoms with Crippen molar-refractivity contribution < 1.29 is 17.7 Å². The first kappa shape index (κ1) is 23.7. The fraction of sp³-hybridized carbons (Fsp3) is 0.545. The molecule has 1 fully saturated rings. The summed E-state index contributed by atoms with van der Waals surface area (Å²) in [4.78, 5) is 16.0. The Labute approximate surface area is 188 Å². The van der Waals surface area contributed by atoms with E-state index < -0.39 is 10.0 Å². The number of aryl methyl sites for hydroxylation is 1. The molecule has 1 aliphatic heterocycles. The van der Waals surface area contributed by atoms with Crippen molar-refractivity contribution in [3.63, 3.8) is 0 Å². The van der Waals surface area contributed by atoms with Gasteiger partial charge in [-0.2, -0.15) is 4.31 Å². The quantitative estimate of drug-likeness (QED) is 0.552. The maximum absolute atomic E-state index is 13.5. The Morgan fingerprint density at radius 1 is 1.39 bits per heavy atom. The molecule has 0 bridgehead atoms. The molecule has 1 saturated heterocycles. The van der Waals surface area contributed by atoms with E-state index in [-0.39, 0.29) is 29.0 Å². The third kappa shape index (κ3) is 5.45. The van der Waals surface area contributed by atoms with E-state index in [1.165, 1.54) is 4.31 Å². The molecule has 0 spiro atoms. The second kappa shape index (κ2) is 10.6. The minimum atomic E-state index is -3.83. The number of hydrogen-bond acceptors (Lipinski definition) is 6. The summed E-state index contributed by atoms with van der Waals surface area (Å²) in [5, 5.41) is 5.86. The normalized spacial score (nSPS) is 18.0. The van der Waals surface area contributed by atoms with E-state index in [1.807, 2.05) is 35.4 Å². The summed E-state index contributed by atoms with van der Waals surface area (Å²) in [5.74, 6) is -0.0428. The minimum Gasteiger partial charge on any atom is -0.355 e. The molecule has 1 amide bonds. The molecule has 170 valence electrons. The van der Waals surface area contributed by atoms with Gasteiger partial charge in [0.2, 0.25) is 15.9 Å². The summed E-state index contributed by atoms with van der Waals surface area (Å²) in [5.41, 5.74) is 0.331. The number of nitrogens with zero attached hydrogens (tertiary/aromatic N) is 3. The zero-order valence-corrected chi connectivity index (χ0v) is 20.0. The largest absolute Gasteiger partial charge is 0.355 e. The number of amides is 1. The fourth-order valence-electron chi connectivity index (χ4n) is 3.87. The number of unbranched alkanes of at least 4 members (excludes halogenated alkanes) is 1. The van der Waals surface area contributed by atoms with E-state index >= 15 is 0 Å². The van der Waals surface area contributed by atoms with E-state index in [4.69, 9.17) is 4.52 Å². The van der Waals surface area contributed by atoms with E-state index in [0.717, 1.165) is 24.3 Å². The number of hydrogen-bond donors (Lipinski definition) is 0. The van der Waals surface area contributed by atoms with E-state index in [1.54, 1.807) is 24.3 Å². The van der Waals surface area contributed by atoms with Crippen LogP contribution in [0.4, 0.5) is 0 Å². The van der Waals surface area contributed by atoms with Crippen molar-refractivity contribution >= 4 is 39.4 Å². The first-order valence-electron chi connectivity index (χ1n) is 10.8. The lowest BCUT2D eigenvalue weighted by molar-refractivity contribution is -0.136. The lowest BCUT2D eigenvalue weighted by atomic mass is 9.98. The lowest BCUT2D eigenvalue weighted by Crippen LogP contribution is -2.47. The van der Waals surface area contributed by atoms with Crippen LogP contribution in [0.1, 0.15) is 55.9 Å². The Balaban J connectivity index is 1.80. The van der Waals surface area contributed by atoms with Crippen molar-refractivity contribution in [1.29, 1.82) is 0 Å². The Morgan fingerprint density at radius 3 is 2.87 bits per heavy atom. The van der Waals surface area contributed by atoms with Crippen molar-refractivity contribution in [2.75, 3.05) is 26.2 Å². The van der Waals surface area contributed by atoms with Crippen LogP contribution in [-0.4, -0.2) is 54.9 Å². The highest BCUT2D eigenvalue weighted by molar-refractivity contribution is 7.89. The Bertz CT molecular complexity index is 996. The van der Waals surface area contributed by atoms with Crippen LogP contribution in [0, 0.1) is 12.8 Å². The second-order valence-corrected chi connectivity index (χ2v) is 10.6. The van der Waals surface area contributed by atoms with Crippen LogP contribution in [0.3, 0.4) is 0 Å². The predicted molar refractivity (Wildman–Crippen MR) is 123 cm³/mol. The summed E-state index contributed by atoms with van der Waals surface area (Å²) in [7, 11) is -3.83. The highest BCUT2D eigenvalue weighted by Gasteiger charge is 2.37. The van der Waals surface area contributed by atoms with Crippen LogP contribution in [-0.2, 0) is 14.8 Å². The van der Waals surface area contributed by atoms with E-state index in [0.29, 0.717) is 31.6 Å². The molecule has 1 atom stereocenters. The zero-order chi connectivity index (χ0) is 22.4. The topological polar surface area (TPSA) is 83.7 Å². The van der Waals surface area contributed by atoms with Gasteiger partial charge in [0, 0.05) is 31.1 Å². The molecule has 0 aliphatic carbocycles. The number of piperidine rings is 1. The van der Waals surface area contributed by atoms with Crippen LogP contribution in [0.15, 0.2) is 26.9 Å². The van der Waals surface area contributed by atoms with E-state index in [9.17, 15) is 13.2 Å². The van der Waals surface area contributed by atoms with Gasteiger partial charge in [0.15, 0.2) is 10.7 Å². The molecular formula is C22H31N3O4S2. The summed E-state index contributed by atoms with van der Waals surface area (Å²) in [6, 6.07) is 3.87. The van der Waals surface area contributed by atoms with Gasteiger partial charge in [0.1, 0.15) is 5.69 Å². The molecule has 31 heavy (non-hydrogen) atoms. The summed E-state index contributed by atoms with van der Waals surface area (Å²) >= 11 is 1.55. The summed E-state index contributed by atoms with van der Waals surface area (Å²) in [6.45, 7) is 7.65. The number of thiophene rings is 1. The average molecular weight is 466 g/mol. The summed E-state index contributed by atoms with van der Waals surface area (Å²) in [6.07, 6.45) is 6.80. The summed E-state index contributed by atoms with van der Waals surface area (Å²) < 4.78 is 33.8. The van der Waals surface area contributed by atoms with E-state index in [2.05, 4.69) is 12.1 Å². The fourth-order valence-corrected chi connectivity index (χ4v) is 6.26. The molecule has 1 aliphatic rings. The van der Waals surface area contributed by atoms with Crippen LogP contribution in [0.5, 0.6) is 0 Å². The third-order valence-corrected chi connectivity index (χ3v) is 8.44. The SMILES string of the molecule is CCCCN(CC)C(=O)C1CCCN(S(=O)(=O)c2c(C)noc2/C=C/c2cccs2)C1. The van der Waals surface area contributed by atoms with Gasteiger partial charge in [0.25, 0.3) is 0 Å². The maximum atomic E-state index is 13.5. The monoisotopic (exact) mass is 465 g/mol.